The molecule has 1 atom stereocenters. The highest BCUT2D eigenvalue weighted by molar-refractivity contribution is 5.79. The van der Waals surface area contributed by atoms with E-state index < -0.39 is 0 Å². The van der Waals surface area contributed by atoms with Crippen LogP contribution in [0.2, 0.25) is 0 Å². The largest absolute Gasteiger partial charge is 0.399 e. The fourth-order valence-electron chi connectivity index (χ4n) is 2.14. The van der Waals surface area contributed by atoms with E-state index >= 15 is 0 Å². The predicted octanol–water partition coefficient (Wildman–Crippen LogP) is 1.13. The summed E-state index contributed by atoms with van der Waals surface area (Å²) in [5, 5.41) is 18.3. The highest BCUT2D eigenvalue weighted by Gasteiger charge is 2.12. The number of hydrogen-bond donors (Lipinski definition) is 3. The number of rotatable bonds is 5. The van der Waals surface area contributed by atoms with Crippen molar-refractivity contribution in [2.45, 2.75) is 26.5 Å². The molecule has 1 aromatic carbocycles. The van der Waals surface area contributed by atoms with Gasteiger partial charge in [0.05, 0.1) is 11.0 Å². The molecule has 0 aliphatic rings. The molecular weight excluding hydrogens is 230 g/mol. The molecule has 0 fully saturated rings. The lowest BCUT2D eigenvalue weighted by Gasteiger charge is -2.13. The number of aliphatic hydroxyl groups excluding tert-OH is 2. The number of imidazole rings is 1. The SMILES string of the molecule is CC(CCO)Cn1c(CO)nc2cc(N)ccc21. The smallest absolute Gasteiger partial charge is 0.135 e. The first-order chi connectivity index (χ1) is 8.65. The van der Waals surface area contributed by atoms with Crippen LogP contribution in [0.1, 0.15) is 19.2 Å². The first-order valence-electron chi connectivity index (χ1n) is 6.12. The third-order valence-corrected chi connectivity index (χ3v) is 3.11. The molecule has 0 radical (unpaired) electrons. The Kier molecular flexibility index (Phi) is 3.84. The van der Waals surface area contributed by atoms with E-state index in [2.05, 4.69) is 11.9 Å². The van der Waals surface area contributed by atoms with Gasteiger partial charge in [-0.2, -0.15) is 0 Å². The van der Waals surface area contributed by atoms with Crippen LogP contribution in [0.15, 0.2) is 18.2 Å². The Labute approximate surface area is 106 Å². The van der Waals surface area contributed by atoms with Gasteiger partial charge in [-0.1, -0.05) is 6.92 Å². The van der Waals surface area contributed by atoms with Crippen LogP contribution in [0.3, 0.4) is 0 Å². The van der Waals surface area contributed by atoms with Crippen LogP contribution >= 0.6 is 0 Å². The van der Waals surface area contributed by atoms with Gasteiger partial charge in [0.2, 0.25) is 0 Å². The lowest BCUT2D eigenvalue weighted by atomic mass is 10.1. The Balaban J connectivity index is 2.40. The summed E-state index contributed by atoms with van der Waals surface area (Å²) in [6, 6.07) is 5.56. The van der Waals surface area contributed by atoms with Crippen molar-refractivity contribution >= 4 is 16.7 Å². The van der Waals surface area contributed by atoms with Gasteiger partial charge < -0.3 is 20.5 Å². The Morgan fingerprint density at radius 2 is 2.17 bits per heavy atom. The molecular formula is C13H19N3O2. The van der Waals surface area contributed by atoms with Gasteiger partial charge in [-0.15, -0.1) is 0 Å². The van der Waals surface area contributed by atoms with E-state index in [1.54, 1.807) is 0 Å². The summed E-state index contributed by atoms with van der Waals surface area (Å²) in [6.45, 7) is 2.88. The molecule has 0 saturated carbocycles. The van der Waals surface area contributed by atoms with E-state index in [4.69, 9.17) is 10.8 Å². The molecule has 2 rings (SSSR count). The fraction of sp³-hybridized carbons (Fsp3) is 0.462. The van der Waals surface area contributed by atoms with Crippen molar-refractivity contribution in [3.8, 4) is 0 Å². The number of hydrogen-bond acceptors (Lipinski definition) is 4. The normalized spacial score (nSPS) is 13.1. The standard InChI is InChI=1S/C13H19N3O2/c1-9(4-5-17)7-16-12-3-2-10(14)6-11(12)15-13(16)8-18/h2-3,6,9,17-18H,4-5,7-8,14H2,1H3. The maximum absolute atomic E-state index is 9.37. The molecule has 0 saturated heterocycles. The van der Waals surface area contributed by atoms with Crippen molar-refractivity contribution in [2.75, 3.05) is 12.3 Å². The fourth-order valence-corrected chi connectivity index (χ4v) is 2.14. The average Bonchev–Trinajstić information content (AvgIpc) is 2.66. The predicted molar refractivity (Wildman–Crippen MR) is 70.9 cm³/mol. The summed E-state index contributed by atoms with van der Waals surface area (Å²) in [5.74, 6) is 0.968. The highest BCUT2D eigenvalue weighted by Crippen LogP contribution is 2.21. The Morgan fingerprint density at radius 3 is 2.83 bits per heavy atom. The van der Waals surface area contributed by atoms with Crippen molar-refractivity contribution < 1.29 is 10.2 Å². The zero-order valence-electron chi connectivity index (χ0n) is 10.5. The van der Waals surface area contributed by atoms with Crippen LogP contribution in [0.5, 0.6) is 0 Å². The van der Waals surface area contributed by atoms with Gasteiger partial charge >= 0.3 is 0 Å². The maximum atomic E-state index is 9.37. The minimum atomic E-state index is -0.0968. The minimum Gasteiger partial charge on any atom is -0.399 e. The van der Waals surface area contributed by atoms with Gasteiger partial charge in [-0.25, -0.2) is 4.98 Å². The summed E-state index contributed by atoms with van der Waals surface area (Å²) in [5.41, 5.74) is 8.17. The van der Waals surface area contributed by atoms with E-state index in [9.17, 15) is 5.11 Å². The first-order valence-corrected chi connectivity index (χ1v) is 6.12. The lowest BCUT2D eigenvalue weighted by Crippen LogP contribution is -2.12. The summed E-state index contributed by atoms with van der Waals surface area (Å²) < 4.78 is 2.00. The number of aromatic nitrogens is 2. The number of nitrogens with zero attached hydrogens (tertiary/aromatic N) is 2. The van der Waals surface area contributed by atoms with Gasteiger partial charge in [-0.3, -0.25) is 0 Å². The Bertz CT molecular complexity index is 536. The monoisotopic (exact) mass is 249 g/mol. The van der Waals surface area contributed by atoms with Crippen molar-refractivity contribution in [2.24, 2.45) is 5.92 Å². The second-order valence-electron chi connectivity index (χ2n) is 4.66. The number of aliphatic hydroxyl groups is 2. The van der Waals surface area contributed by atoms with E-state index in [1.165, 1.54) is 0 Å². The molecule has 0 amide bonds. The summed E-state index contributed by atoms with van der Waals surface area (Å²) in [7, 11) is 0. The van der Waals surface area contributed by atoms with E-state index in [0.717, 1.165) is 24.0 Å². The molecule has 0 spiro atoms. The van der Waals surface area contributed by atoms with Crippen LogP contribution in [0.4, 0.5) is 5.69 Å². The molecule has 1 unspecified atom stereocenters. The zero-order chi connectivity index (χ0) is 13.1. The van der Waals surface area contributed by atoms with Gasteiger partial charge in [-0.05, 0) is 30.5 Å². The molecule has 98 valence electrons. The molecule has 0 aliphatic carbocycles. The summed E-state index contributed by atoms with van der Waals surface area (Å²) >= 11 is 0. The van der Waals surface area contributed by atoms with E-state index in [-0.39, 0.29) is 13.2 Å². The van der Waals surface area contributed by atoms with Crippen LogP contribution in [0, 0.1) is 5.92 Å². The second-order valence-corrected chi connectivity index (χ2v) is 4.66. The van der Waals surface area contributed by atoms with Gasteiger partial charge in [0.1, 0.15) is 12.4 Å². The van der Waals surface area contributed by atoms with Gasteiger partial charge in [0.25, 0.3) is 0 Å². The average molecular weight is 249 g/mol. The summed E-state index contributed by atoms with van der Waals surface area (Å²) in [6.07, 6.45) is 0.736. The molecule has 5 heteroatoms. The third kappa shape index (κ3) is 2.47. The second kappa shape index (κ2) is 5.37. The molecule has 1 heterocycles. The molecule has 0 bridgehead atoms. The van der Waals surface area contributed by atoms with Crippen molar-refractivity contribution in [1.29, 1.82) is 0 Å². The highest BCUT2D eigenvalue weighted by atomic mass is 16.3. The molecule has 5 nitrogen and oxygen atoms in total. The van der Waals surface area contributed by atoms with Crippen molar-refractivity contribution in [3.63, 3.8) is 0 Å². The van der Waals surface area contributed by atoms with Crippen molar-refractivity contribution in [3.05, 3.63) is 24.0 Å². The quantitative estimate of drug-likeness (QED) is 0.693. The summed E-state index contributed by atoms with van der Waals surface area (Å²) in [4.78, 5) is 4.38. The number of fused-ring (bicyclic) bond motifs is 1. The van der Waals surface area contributed by atoms with Crippen molar-refractivity contribution in [1.82, 2.24) is 9.55 Å². The number of nitrogens with two attached hydrogens (primary N) is 1. The molecule has 1 aromatic heterocycles. The molecule has 0 aliphatic heterocycles. The minimum absolute atomic E-state index is 0.0968. The maximum Gasteiger partial charge on any atom is 0.135 e. The van der Waals surface area contributed by atoms with Crippen LogP contribution < -0.4 is 5.73 Å². The Hall–Kier alpha value is -1.59. The van der Waals surface area contributed by atoms with Crippen LogP contribution in [-0.2, 0) is 13.2 Å². The lowest BCUT2D eigenvalue weighted by molar-refractivity contribution is 0.244. The number of anilines is 1. The third-order valence-electron chi connectivity index (χ3n) is 3.11. The van der Waals surface area contributed by atoms with Gasteiger partial charge in [0.15, 0.2) is 0 Å². The molecule has 2 aromatic rings. The number of benzene rings is 1. The van der Waals surface area contributed by atoms with E-state index in [1.807, 2.05) is 22.8 Å². The van der Waals surface area contributed by atoms with Gasteiger partial charge in [0, 0.05) is 18.8 Å². The molecule has 4 N–H and O–H groups in total. The van der Waals surface area contributed by atoms with Crippen LogP contribution in [0.25, 0.3) is 11.0 Å². The first kappa shape index (κ1) is 12.9. The van der Waals surface area contributed by atoms with E-state index in [0.29, 0.717) is 17.4 Å². The topological polar surface area (TPSA) is 84.3 Å². The molecule has 18 heavy (non-hydrogen) atoms. The number of nitrogen functional groups attached to an aromatic ring is 1. The van der Waals surface area contributed by atoms with Crippen LogP contribution in [-0.4, -0.2) is 26.4 Å². The zero-order valence-corrected chi connectivity index (χ0v) is 10.5. The Morgan fingerprint density at radius 1 is 1.39 bits per heavy atom.